The molecule has 0 saturated carbocycles. The van der Waals surface area contributed by atoms with Crippen molar-refractivity contribution in [3.63, 3.8) is 0 Å². The van der Waals surface area contributed by atoms with Gasteiger partial charge in [0.15, 0.2) is 11.4 Å². The van der Waals surface area contributed by atoms with Gasteiger partial charge in [-0.1, -0.05) is 60.5 Å². The predicted octanol–water partition coefficient (Wildman–Crippen LogP) is 7.94. The molecule has 3 aromatic rings. The average Bonchev–Trinajstić information content (AvgIpc) is 3.27. The van der Waals surface area contributed by atoms with E-state index in [-0.39, 0.29) is 12.3 Å². The lowest BCUT2D eigenvalue weighted by Crippen LogP contribution is -2.33. The number of hydrogen-bond donors (Lipinski definition) is 0. The lowest BCUT2D eigenvalue weighted by atomic mass is 10.1. The molecule has 0 aliphatic carbocycles. The van der Waals surface area contributed by atoms with Crippen LogP contribution in [0.1, 0.15) is 49.1 Å². The van der Waals surface area contributed by atoms with Gasteiger partial charge in [0, 0.05) is 28.6 Å². The maximum absolute atomic E-state index is 6.52. The third-order valence-corrected chi connectivity index (χ3v) is 7.74. The van der Waals surface area contributed by atoms with Gasteiger partial charge in [0.1, 0.15) is 0 Å². The topological polar surface area (TPSA) is 43.8 Å². The van der Waals surface area contributed by atoms with Gasteiger partial charge in [-0.25, -0.2) is 4.98 Å². The van der Waals surface area contributed by atoms with Crippen LogP contribution >= 0.6 is 34.5 Å². The second kappa shape index (κ2) is 13.8. The molecular weight excluding hydrogens is 515 g/mol. The largest absolute Gasteiger partial charge is 0.377 e. The van der Waals surface area contributed by atoms with E-state index in [0.29, 0.717) is 29.9 Å². The first kappa shape index (κ1) is 27.4. The Hall–Kier alpha value is -1.67. The average molecular weight is 550 g/mol. The third-order valence-electron chi connectivity index (χ3n) is 6.19. The van der Waals surface area contributed by atoms with Crippen molar-refractivity contribution in [2.24, 2.45) is 0 Å². The summed E-state index contributed by atoms with van der Waals surface area (Å²) in [6.45, 7) is 7.49. The maximum atomic E-state index is 6.52. The molecule has 36 heavy (non-hydrogen) atoms. The SMILES string of the molecule is CCCN(c1nc(-c2ccc(Cl)cc2Cl)c(C)s1)C(COCCOC1CCCCO1)c1ccccc1. The summed E-state index contributed by atoms with van der Waals surface area (Å²) in [5.41, 5.74) is 2.99. The molecule has 4 rings (SSSR count). The van der Waals surface area contributed by atoms with Gasteiger partial charge < -0.3 is 19.1 Å². The van der Waals surface area contributed by atoms with E-state index >= 15 is 0 Å². The first-order valence-corrected chi connectivity index (χ1v) is 14.2. The monoisotopic (exact) mass is 548 g/mol. The molecule has 2 atom stereocenters. The molecule has 1 aliphatic rings. The zero-order valence-electron chi connectivity index (χ0n) is 20.9. The van der Waals surface area contributed by atoms with Crippen LogP contribution < -0.4 is 4.90 Å². The number of thiazole rings is 1. The zero-order chi connectivity index (χ0) is 25.3. The van der Waals surface area contributed by atoms with Crippen LogP contribution in [0.5, 0.6) is 0 Å². The molecule has 1 saturated heterocycles. The first-order chi connectivity index (χ1) is 17.6. The standard InChI is InChI=1S/C28H34Cl2N2O3S/c1-3-14-32(28-31-27(20(2)36-28)23-13-12-22(29)18-24(23)30)25(21-9-5-4-6-10-21)19-33-16-17-35-26-11-7-8-15-34-26/h4-6,9-10,12-13,18,25-26H,3,7-8,11,14-17,19H2,1-2H3. The Kier molecular flexibility index (Phi) is 10.5. The quantitative estimate of drug-likeness (QED) is 0.215. The van der Waals surface area contributed by atoms with Crippen LogP contribution in [-0.4, -0.2) is 44.2 Å². The van der Waals surface area contributed by atoms with Crippen molar-refractivity contribution in [2.45, 2.75) is 51.9 Å². The Labute approximate surface area is 228 Å². The second-order valence-electron chi connectivity index (χ2n) is 8.89. The molecular formula is C28H34Cl2N2O3S. The third kappa shape index (κ3) is 7.21. The Morgan fingerprint density at radius 2 is 1.97 bits per heavy atom. The van der Waals surface area contributed by atoms with Crippen molar-refractivity contribution in [2.75, 3.05) is 37.9 Å². The van der Waals surface area contributed by atoms with E-state index in [1.54, 1.807) is 17.4 Å². The van der Waals surface area contributed by atoms with Gasteiger partial charge in [-0.3, -0.25) is 0 Å². The summed E-state index contributed by atoms with van der Waals surface area (Å²) in [5, 5.41) is 2.18. The Balaban J connectivity index is 1.51. The number of rotatable bonds is 12. The normalized spacial score (nSPS) is 16.7. The fourth-order valence-electron chi connectivity index (χ4n) is 4.38. The lowest BCUT2D eigenvalue weighted by Gasteiger charge is -2.32. The van der Waals surface area contributed by atoms with Crippen molar-refractivity contribution < 1.29 is 14.2 Å². The van der Waals surface area contributed by atoms with E-state index < -0.39 is 0 Å². The van der Waals surface area contributed by atoms with Crippen LogP contribution in [0.25, 0.3) is 11.3 Å². The predicted molar refractivity (Wildman–Crippen MR) is 149 cm³/mol. The summed E-state index contributed by atoms with van der Waals surface area (Å²) >= 11 is 14.3. The summed E-state index contributed by atoms with van der Waals surface area (Å²) in [6.07, 6.45) is 4.12. The number of aryl methyl sites for hydroxylation is 1. The van der Waals surface area contributed by atoms with E-state index in [2.05, 4.69) is 43.0 Å². The summed E-state index contributed by atoms with van der Waals surface area (Å²) in [7, 11) is 0. The molecule has 1 aromatic heterocycles. The second-order valence-corrected chi connectivity index (χ2v) is 10.9. The molecule has 8 heteroatoms. The minimum Gasteiger partial charge on any atom is -0.377 e. The molecule has 0 radical (unpaired) electrons. The number of anilines is 1. The van der Waals surface area contributed by atoms with Gasteiger partial charge in [0.2, 0.25) is 0 Å². The fourth-order valence-corrected chi connectivity index (χ4v) is 5.88. The summed E-state index contributed by atoms with van der Waals surface area (Å²) in [6, 6.07) is 16.1. The van der Waals surface area contributed by atoms with Crippen LogP contribution in [0.15, 0.2) is 48.5 Å². The Morgan fingerprint density at radius 3 is 2.69 bits per heavy atom. The highest BCUT2D eigenvalue weighted by Crippen LogP contribution is 2.39. The number of ether oxygens (including phenoxy) is 3. The van der Waals surface area contributed by atoms with Crippen molar-refractivity contribution >= 4 is 39.7 Å². The number of benzene rings is 2. The molecule has 2 aromatic carbocycles. The van der Waals surface area contributed by atoms with Gasteiger partial charge in [-0.05, 0) is 56.4 Å². The van der Waals surface area contributed by atoms with Crippen molar-refractivity contribution in [3.05, 3.63) is 69.0 Å². The highest BCUT2D eigenvalue weighted by molar-refractivity contribution is 7.16. The van der Waals surface area contributed by atoms with Gasteiger partial charge in [0.05, 0.1) is 36.6 Å². The molecule has 2 unspecified atom stereocenters. The lowest BCUT2D eigenvalue weighted by molar-refractivity contribution is -0.169. The van der Waals surface area contributed by atoms with Crippen LogP contribution in [-0.2, 0) is 14.2 Å². The van der Waals surface area contributed by atoms with Gasteiger partial charge in [-0.2, -0.15) is 0 Å². The molecule has 0 spiro atoms. The molecule has 0 N–H and O–H groups in total. The van der Waals surface area contributed by atoms with E-state index in [1.165, 1.54) is 5.56 Å². The highest BCUT2D eigenvalue weighted by Gasteiger charge is 2.25. The number of aromatic nitrogens is 1. The van der Waals surface area contributed by atoms with Crippen molar-refractivity contribution in [3.8, 4) is 11.3 Å². The Bertz CT molecular complexity index is 1090. The number of nitrogens with zero attached hydrogens (tertiary/aromatic N) is 2. The summed E-state index contributed by atoms with van der Waals surface area (Å²) in [4.78, 5) is 8.53. The fraction of sp³-hybridized carbons (Fsp3) is 0.464. The van der Waals surface area contributed by atoms with E-state index in [4.69, 9.17) is 42.4 Å². The molecule has 0 bridgehead atoms. The maximum Gasteiger partial charge on any atom is 0.186 e. The minimum atomic E-state index is -0.0970. The summed E-state index contributed by atoms with van der Waals surface area (Å²) in [5.74, 6) is 0. The molecule has 1 aliphatic heterocycles. The van der Waals surface area contributed by atoms with Crippen LogP contribution in [0.3, 0.4) is 0 Å². The smallest absolute Gasteiger partial charge is 0.186 e. The van der Waals surface area contributed by atoms with Crippen LogP contribution in [0, 0.1) is 6.92 Å². The van der Waals surface area contributed by atoms with Gasteiger partial charge in [-0.15, -0.1) is 11.3 Å². The highest BCUT2D eigenvalue weighted by atomic mass is 35.5. The Morgan fingerprint density at radius 1 is 1.14 bits per heavy atom. The molecule has 0 amide bonds. The number of halogens is 2. The molecule has 194 valence electrons. The van der Waals surface area contributed by atoms with E-state index in [1.807, 2.05) is 18.2 Å². The summed E-state index contributed by atoms with van der Waals surface area (Å²) < 4.78 is 17.7. The van der Waals surface area contributed by atoms with Crippen LogP contribution in [0.4, 0.5) is 5.13 Å². The van der Waals surface area contributed by atoms with E-state index in [9.17, 15) is 0 Å². The van der Waals surface area contributed by atoms with Crippen molar-refractivity contribution in [1.82, 2.24) is 4.98 Å². The zero-order valence-corrected chi connectivity index (χ0v) is 23.2. The van der Waals surface area contributed by atoms with Crippen molar-refractivity contribution in [1.29, 1.82) is 0 Å². The van der Waals surface area contributed by atoms with Crippen LogP contribution in [0.2, 0.25) is 10.0 Å². The minimum absolute atomic E-state index is 0.0242. The molecule has 1 fully saturated rings. The first-order valence-electron chi connectivity index (χ1n) is 12.6. The number of hydrogen-bond acceptors (Lipinski definition) is 6. The molecule has 5 nitrogen and oxygen atoms in total. The van der Waals surface area contributed by atoms with E-state index in [0.717, 1.165) is 60.1 Å². The molecule has 2 heterocycles. The van der Waals surface area contributed by atoms with Gasteiger partial charge in [0.25, 0.3) is 0 Å². The van der Waals surface area contributed by atoms with Gasteiger partial charge >= 0.3 is 0 Å².